The van der Waals surface area contributed by atoms with Gasteiger partial charge in [-0.1, -0.05) is 24.3 Å². The Kier molecular flexibility index (Phi) is 10.3. The van der Waals surface area contributed by atoms with Crippen LogP contribution in [0.15, 0.2) is 73.1 Å². The van der Waals surface area contributed by atoms with Gasteiger partial charge in [0.05, 0.1) is 5.52 Å². The van der Waals surface area contributed by atoms with E-state index in [-0.39, 0.29) is 11.9 Å². The van der Waals surface area contributed by atoms with Crippen molar-refractivity contribution in [2.24, 2.45) is 0 Å². The molecular formula is C44H50N10O3. The smallest absolute Gasteiger partial charge is 0.328 e. The van der Waals surface area contributed by atoms with Crippen LogP contribution in [0.1, 0.15) is 41.9 Å². The first-order valence-electron chi connectivity index (χ1n) is 20.3. The minimum absolute atomic E-state index is 0.204. The first-order chi connectivity index (χ1) is 27.8. The number of imide groups is 1. The number of urea groups is 1. The number of hydrogen-bond donors (Lipinski definition) is 3. The quantitative estimate of drug-likeness (QED) is 0.156. The maximum absolute atomic E-state index is 12.4. The van der Waals surface area contributed by atoms with E-state index in [4.69, 9.17) is 9.72 Å². The summed E-state index contributed by atoms with van der Waals surface area (Å²) in [6.45, 7) is 14.5. The Hall–Kier alpha value is -5.79. The molecule has 5 aromatic rings. The number of likely N-dealkylation sites (tertiary alicyclic amines) is 1. The van der Waals surface area contributed by atoms with E-state index in [1.54, 1.807) is 4.90 Å². The summed E-state index contributed by atoms with van der Waals surface area (Å²) >= 11 is 0. The Morgan fingerprint density at radius 1 is 0.842 bits per heavy atom. The van der Waals surface area contributed by atoms with Crippen LogP contribution in [-0.4, -0.2) is 109 Å². The van der Waals surface area contributed by atoms with Crippen LogP contribution >= 0.6 is 0 Å². The number of fused-ring (bicyclic) bond motifs is 2. The topological polar surface area (TPSA) is 131 Å². The summed E-state index contributed by atoms with van der Waals surface area (Å²) in [6.07, 6.45) is 6.37. The third-order valence-electron chi connectivity index (χ3n) is 12.1. The highest BCUT2D eigenvalue weighted by Crippen LogP contribution is 2.36. The summed E-state index contributed by atoms with van der Waals surface area (Å²) in [5.41, 5.74) is 10.6. The van der Waals surface area contributed by atoms with E-state index in [1.165, 1.54) is 11.3 Å². The first-order valence-corrected chi connectivity index (χ1v) is 20.3. The van der Waals surface area contributed by atoms with Crippen LogP contribution in [-0.2, 0) is 4.79 Å². The predicted octanol–water partition coefficient (Wildman–Crippen LogP) is 6.30. The molecular weight excluding hydrogens is 717 g/mol. The van der Waals surface area contributed by atoms with Crippen LogP contribution in [0.3, 0.4) is 0 Å². The molecule has 0 atom stereocenters. The maximum Gasteiger partial charge on any atom is 0.328 e. The maximum atomic E-state index is 12.4. The summed E-state index contributed by atoms with van der Waals surface area (Å²) in [6, 6.07) is 21.0. The summed E-state index contributed by atoms with van der Waals surface area (Å²) < 4.78 is 5.72. The lowest BCUT2D eigenvalue weighted by Crippen LogP contribution is -2.49. The molecule has 6 heterocycles. The molecule has 3 fully saturated rings. The lowest BCUT2D eigenvalue weighted by molar-refractivity contribution is -0.120. The number of hydrogen-bond acceptors (Lipinski definition) is 11. The standard InChI is InChI=1S/C44H50N10O3/c1-29-25-32(5-10-39(29)54-17-13-40(55)50-44(54)56)31-11-15-51(16-12-31)18-19-52-20-22-53(23-21-52)36-8-6-35(7-9-36)48-43-47-27-34-4-3-33(26-38(34)49-43)37-28-46-42-41(30(37)2)45-14-24-57-42/h3-10,25-28,31,45H,11-24H2,1-2H3,(H,47,48,49)(H,50,55,56). The van der Waals surface area contributed by atoms with Gasteiger partial charge in [0.15, 0.2) is 0 Å². The first kappa shape index (κ1) is 36.8. The van der Waals surface area contributed by atoms with Gasteiger partial charge in [0.25, 0.3) is 0 Å². The second kappa shape index (κ2) is 16.0. The van der Waals surface area contributed by atoms with E-state index >= 15 is 0 Å². The number of piperidine rings is 1. The third kappa shape index (κ3) is 7.94. The van der Waals surface area contributed by atoms with Gasteiger partial charge in [0.1, 0.15) is 12.3 Å². The fourth-order valence-electron chi connectivity index (χ4n) is 8.68. The summed E-state index contributed by atoms with van der Waals surface area (Å²) in [5.74, 6) is 1.56. The molecule has 4 aliphatic rings. The Labute approximate surface area is 333 Å². The van der Waals surface area contributed by atoms with Crippen LogP contribution in [0.4, 0.5) is 33.5 Å². The van der Waals surface area contributed by atoms with E-state index in [0.717, 1.165) is 122 Å². The van der Waals surface area contributed by atoms with Crippen LogP contribution < -0.4 is 30.5 Å². The second-order valence-corrected chi connectivity index (χ2v) is 15.6. The molecule has 0 saturated carbocycles. The van der Waals surface area contributed by atoms with E-state index in [1.807, 2.05) is 12.4 Å². The molecule has 3 saturated heterocycles. The number of carbonyl (C=O) groups excluding carboxylic acids is 2. The molecule has 13 nitrogen and oxygen atoms in total. The zero-order chi connectivity index (χ0) is 38.9. The number of carbonyl (C=O) groups is 2. The molecule has 3 amide bonds. The molecule has 57 heavy (non-hydrogen) atoms. The molecule has 2 aromatic heterocycles. The summed E-state index contributed by atoms with van der Waals surface area (Å²) in [5, 5.41) is 10.3. The lowest BCUT2D eigenvalue weighted by Gasteiger charge is -2.38. The number of pyridine rings is 1. The molecule has 294 valence electrons. The van der Waals surface area contributed by atoms with Crippen molar-refractivity contribution in [1.82, 2.24) is 30.1 Å². The molecule has 3 aromatic carbocycles. The zero-order valence-electron chi connectivity index (χ0n) is 32.8. The van der Waals surface area contributed by atoms with Crippen molar-refractivity contribution in [3.8, 4) is 17.0 Å². The molecule has 9 rings (SSSR count). The van der Waals surface area contributed by atoms with Crippen molar-refractivity contribution in [1.29, 1.82) is 0 Å². The number of nitrogens with zero attached hydrogens (tertiary/aromatic N) is 7. The molecule has 4 aliphatic heterocycles. The zero-order valence-corrected chi connectivity index (χ0v) is 32.8. The minimum Gasteiger partial charge on any atom is -0.474 e. The molecule has 0 radical (unpaired) electrons. The van der Waals surface area contributed by atoms with E-state index in [9.17, 15) is 9.59 Å². The van der Waals surface area contributed by atoms with Crippen molar-refractivity contribution < 1.29 is 14.3 Å². The average molecular weight is 767 g/mol. The highest BCUT2D eigenvalue weighted by Gasteiger charge is 2.27. The van der Waals surface area contributed by atoms with Crippen molar-refractivity contribution in [2.45, 2.75) is 39.0 Å². The van der Waals surface area contributed by atoms with Crippen LogP contribution in [0.2, 0.25) is 0 Å². The van der Waals surface area contributed by atoms with Gasteiger partial charge in [0.2, 0.25) is 17.7 Å². The number of aromatic nitrogens is 3. The van der Waals surface area contributed by atoms with Crippen LogP contribution in [0.5, 0.6) is 5.88 Å². The molecule has 13 heteroatoms. The number of amides is 3. The monoisotopic (exact) mass is 766 g/mol. The van der Waals surface area contributed by atoms with Gasteiger partial charge in [0, 0.05) is 99.2 Å². The largest absolute Gasteiger partial charge is 0.474 e. The Bertz CT molecular complexity index is 2280. The average Bonchev–Trinajstić information content (AvgIpc) is 3.24. The highest BCUT2D eigenvalue weighted by atomic mass is 16.5. The number of rotatable bonds is 9. The third-order valence-corrected chi connectivity index (χ3v) is 12.1. The van der Waals surface area contributed by atoms with E-state index in [2.05, 4.69) is 115 Å². The lowest BCUT2D eigenvalue weighted by atomic mass is 9.88. The van der Waals surface area contributed by atoms with Crippen LogP contribution in [0.25, 0.3) is 22.0 Å². The number of aryl methyl sites for hydroxylation is 1. The summed E-state index contributed by atoms with van der Waals surface area (Å²) in [7, 11) is 0. The van der Waals surface area contributed by atoms with E-state index in [0.29, 0.717) is 37.3 Å². The van der Waals surface area contributed by atoms with Crippen molar-refractivity contribution >= 4 is 51.5 Å². The molecule has 0 unspecified atom stereocenters. The van der Waals surface area contributed by atoms with Gasteiger partial charge in [-0.25, -0.2) is 19.7 Å². The number of benzene rings is 3. The number of nitrogens with one attached hydrogen (secondary N) is 3. The van der Waals surface area contributed by atoms with Crippen molar-refractivity contribution in [3.05, 3.63) is 89.7 Å². The van der Waals surface area contributed by atoms with Gasteiger partial charge in [-0.3, -0.25) is 19.9 Å². The number of anilines is 5. The Morgan fingerprint density at radius 2 is 1.63 bits per heavy atom. The van der Waals surface area contributed by atoms with Gasteiger partial charge < -0.3 is 25.2 Å². The van der Waals surface area contributed by atoms with E-state index < -0.39 is 0 Å². The van der Waals surface area contributed by atoms with Crippen molar-refractivity contribution in [2.75, 3.05) is 92.5 Å². The minimum atomic E-state index is -0.326. The molecule has 0 aliphatic carbocycles. The Morgan fingerprint density at radius 3 is 2.40 bits per heavy atom. The van der Waals surface area contributed by atoms with Crippen molar-refractivity contribution in [3.63, 3.8) is 0 Å². The van der Waals surface area contributed by atoms with Crippen LogP contribution in [0, 0.1) is 13.8 Å². The predicted molar refractivity (Wildman–Crippen MR) is 225 cm³/mol. The number of ether oxygens (including phenoxy) is 1. The fraction of sp³-hybridized carbons (Fsp3) is 0.386. The van der Waals surface area contributed by atoms with Gasteiger partial charge in [-0.15, -0.1) is 0 Å². The molecule has 3 N–H and O–H groups in total. The SMILES string of the molecule is Cc1cc(C2CCN(CCN3CCN(c4ccc(Nc5ncc6ccc(-c7cnc8c(c7C)NCCO8)cc6n5)cc4)CC3)CC2)ccc1N1CCC(=O)NC1=O. The number of piperazine rings is 1. The van der Waals surface area contributed by atoms with Gasteiger partial charge >= 0.3 is 6.03 Å². The van der Waals surface area contributed by atoms with Gasteiger partial charge in [-0.05, 0) is 104 Å². The highest BCUT2D eigenvalue weighted by molar-refractivity contribution is 6.06. The normalized spacial score (nSPS) is 18.2. The molecule has 0 bridgehead atoms. The van der Waals surface area contributed by atoms with Gasteiger partial charge in [-0.2, -0.15) is 0 Å². The molecule has 0 spiro atoms. The Balaban J connectivity index is 0.734. The second-order valence-electron chi connectivity index (χ2n) is 15.6. The summed E-state index contributed by atoms with van der Waals surface area (Å²) in [4.78, 5) is 47.3. The fourth-order valence-corrected chi connectivity index (χ4v) is 8.68.